The fourth-order valence-corrected chi connectivity index (χ4v) is 3.44. The van der Waals surface area contributed by atoms with Crippen LogP contribution in [0.5, 0.6) is 0 Å². The molecule has 0 radical (unpaired) electrons. The zero-order chi connectivity index (χ0) is 22.6. The van der Waals surface area contributed by atoms with E-state index in [9.17, 15) is 22.8 Å². The van der Waals surface area contributed by atoms with Gasteiger partial charge in [-0.3, -0.25) is 9.59 Å². The smallest absolute Gasteiger partial charge is 0.342 e. The number of rotatable bonds is 7. The molecule has 1 heterocycles. The lowest BCUT2D eigenvalue weighted by Gasteiger charge is -2.19. The first-order chi connectivity index (χ1) is 14.7. The van der Waals surface area contributed by atoms with Crippen molar-refractivity contribution in [3.05, 3.63) is 65.9 Å². The number of aromatic nitrogens is 1. The third-order valence-electron chi connectivity index (χ3n) is 5.12. The molecule has 8 heteroatoms. The Morgan fingerprint density at radius 1 is 1.00 bits per heavy atom. The standard InChI is InChI=1S/C23H24F3N3O2/c1-3-28(4-2)22(31)15-29-12-11-17-14-19(9-10-20(17)29)27-21(30)13-16-5-7-18(8-6-16)23(24,25)26/h5-12,14H,3-4,13,15H2,1-2H3,(H,27,30). The molecule has 0 aliphatic heterocycles. The largest absolute Gasteiger partial charge is 0.416 e. The highest BCUT2D eigenvalue weighted by Gasteiger charge is 2.30. The van der Waals surface area contributed by atoms with Crippen LogP contribution in [0.15, 0.2) is 54.7 Å². The Morgan fingerprint density at radius 3 is 2.29 bits per heavy atom. The van der Waals surface area contributed by atoms with Gasteiger partial charge in [-0.05, 0) is 55.8 Å². The number of halogens is 3. The van der Waals surface area contributed by atoms with Crippen LogP contribution in [0.1, 0.15) is 25.0 Å². The van der Waals surface area contributed by atoms with Gasteiger partial charge in [0.15, 0.2) is 0 Å². The van der Waals surface area contributed by atoms with Gasteiger partial charge < -0.3 is 14.8 Å². The molecule has 0 unspecified atom stereocenters. The van der Waals surface area contributed by atoms with Gasteiger partial charge in [0.2, 0.25) is 11.8 Å². The van der Waals surface area contributed by atoms with Crippen LogP contribution >= 0.6 is 0 Å². The van der Waals surface area contributed by atoms with Crippen LogP contribution in [-0.2, 0) is 28.7 Å². The van der Waals surface area contributed by atoms with E-state index < -0.39 is 11.7 Å². The van der Waals surface area contributed by atoms with Gasteiger partial charge in [-0.2, -0.15) is 13.2 Å². The van der Waals surface area contributed by atoms with Gasteiger partial charge in [0, 0.05) is 35.9 Å². The molecule has 0 fully saturated rings. The summed E-state index contributed by atoms with van der Waals surface area (Å²) in [6.07, 6.45) is -2.60. The molecule has 164 valence electrons. The third-order valence-corrected chi connectivity index (χ3v) is 5.12. The summed E-state index contributed by atoms with van der Waals surface area (Å²) in [6.45, 7) is 5.43. The van der Waals surface area contributed by atoms with Gasteiger partial charge >= 0.3 is 6.18 Å². The normalized spacial score (nSPS) is 11.5. The average Bonchev–Trinajstić information content (AvgIpc) is 3.10. The van der Waals surface area contributed by atoms with Gasteiger partial charge in [-0.1, -0.05) is 12.1 Å². The fraction of sp³-hybridized carbons (Fsp3) is 0.304. The zero-order valence-corrected chi connectivity index (χ0v) is 17.4. The van der Waals surface area contributed by atoms with E-state index in [0.717, 1.165) is 23.0 Å². The quantitative estimate of drug-likeness (QED) is 0.589. The van der Waals surface area contributed by atoms with E-state index in [1.807, 2.05) is 36.7 Å². The van der Waals surface area contributed by atoms with Crippen molar-refractivity contribution in [3.8, 4) is 0 Å². The molecule has 1 N–H and O–H groups in total. The van der Waals surface area contributed by atoms with Crippen molar-refractivity contribution in [2.24, 2.45) is 0 Å². The lowest BCUT2D eigenvalue weighted by molar-refractivity contribution is -0.137. The Kier molecular flexibility index (Phi) is 6.68. The highest BCUT2D eigenvalue weighted by molar-refractivity contribution is 5.95. The molecule has 0 aliphatic carbocycles. The number of carbonyl (C=O) groups is 2. The summed E-state index contributed by atoms with van der Waals surface area (Å²) < 4.78 is 39.8. The molecule has 0 spiro atoms. The maximum atomic E-state index is 12.6. The minimum atomic E-state index is -4.40. The number of anilines is 1. The molecule has 31 heavy (non-hydrogen) atoms. The van der Waals surface area contributed by atoms with Crippen LogP contribution < -0.4 is 5.32 Å². The first-order valence-electron chi connectivity index (χ1n) is 10.0. The molecule has 3 aromatic rings. The van der Waals surface area contributed by atoms with Crippen molar-refractivity contribution < 1.29 is 22.8 Å². The molecule has 3 rings (SSSR count). The van der Waals surface area contributed by atoms with Gasteiger partial charge in [-0.25, -0.2) is 0 Å². The van der Waals surface area contributed by atoms with Crippen molar-refractivity contribution in [2.45, 2.75) is 33.0 Å². The number of hydrogen-bond donors (Lipinski definition) is 1. The zero-order valence-electron chi connectivity index (χ0n) is 17.4. The summed E-state index contributed by atoms with van der Waals surface area (Å²) in [7, 11) is 0. The highest BCUT2D eigenvalue weighted by atomic mass is 19.4. The predicted molar refractivity (Wildman–Crippen MR) is 114 cm³/mol. The van der Waals surface area contributed by atoms with Crippen LogP contribution in [0.2, 0.25) is 0 Å². The summed E-state index contributed by atoms with van der Waals surface area (Å²) in [5.41, 5.74) is 1.21. The third kappa shape index (κ3) is 5.45. The summed E-state index contributed by atoms with van der Waals surface area (Å²) in [5.74, 6) is -0.285. The van der Waals surface area contributed by atoms with Crippen LogP contribution in [0.4, 0.5) is 18.9 Å². The molecule has 0 saturated heterocycles. The van der Waals surface area contributed by atoms with Crippen molar-refractivity contribution in [2.75, 3.05) is 18.4 Å². The van der Waals surface area contributed by atoms with Gasteiger partial charge in [0.25, 0.3) is 0 Å². The van der Waals surface area contributed by atoms with E-state index in [1.54, 1.807) is 17.0 Å². The molecule has 2 amide bonds. The Labute approximate surface area is 178 Å². The molecule has 0 aliphatic rings. The Morgan fingerprint density at radius 2 is 1.68 bits per heavy atom. The van der Waals surface area contributed by atoms with Gasteiger partial charge in [0.1, 0.15) is 6.54 Å². The lowest BCUT2D eigenvalue weighted by atomic mass is 10.1. The maximum absolute atomic E-state index is 12.6. The van der Waals surface area contributed by atoms with E-state index in [2.05, 4.69) is 5.32 Å². The van der Waals surface area contributed by atoms with E-state index >= 15 is 0 Å². The first-order valence-corrected chi connectivity index (χ1v) is 10.0. The summed E-state index contributed by atoms with van der Waals surface area (Å²) in [6, 6.07) is 11.8. The molecule has 0 bridgehead atoms. The number of nitrogens with one attached hydrogen (secondary N) is 1. The van der Waals surface area contributed by atoms with Gasteiger partial charge in [0.05, 0.1) is 12.0 Å². The minimum Gasteiger partial charge on any atom is -0.342 e. The summed E-state index contributed by atoms with van der Waals surface area (Å²) >= 11 is 0. The highest BCUT2D eigenvalue weighted by Crippen LogP contribution is 2.29. The van der Waals surface area contributed by atoms with Crippen molar-refractivity contribution in [1.29, 1.82) is 0 Å². The molecule has 2 aromatic carbocycles. The van der Waals surface area contributed by atoms with E-state index in [0.29, 0.717) is 24.3 Å². The lowest BCUT2D eigenvalue weighted by Crippen LogP contribution is -2.33. The summed E-state index contributed by atoms with van der Waals surface area (Å²) in [4.78, 5) is 26.4. The Hall–Kier alpha value is -3.29. The van der Waals surface area contributed by atoms with E-state index in [1.165, 1.54) is 12.1 Å². The number of benzene rings is 2. The van der Waals surface area contributed by atoms with Crippen LogP contribution in [0, 0.1) is 0 Å². The van der Waals surface area contributed by atoms with E-state index in [-0.39, 0.29) is 24.8 Å². The number of likely N-dealkylation sites (N-methyl/N-ethyl adjacent to an activating group) is 1. The number of nitrogens with zero attached hydrogens (tertiary/aromatic N) is 2. The van der Waals surface area contributed by atoms with E-state index in [4.69, 9.17) is 0 Å². The summed E-state index contributed by atoms with van der Waals surface area (Å²) in [5, 5.41) is 3.64. The predicted octanol–water partition coefficient (Wildman–Crippen LogP) is 4.71. The maximum Gasteiger partial charge on any atom is 0.416 e. The van der Waals surface area contributed by atoms with Crippen molar-refractivity contribution in [3.63, 3.8) is 0 Å². The molecule has 5 nitrogen and oxygen atoms in total. The van der Waals surface area contributed by atoms with Crippen LogP contribution in [0.25, 0.3) is 10.9 Å². The molecule has 0 saturated carbocycles. The number of alkyl halides is 3. The number of hydrogen-bond acceptors (Lipinski definition) is 2. The molecule has 0 atom stereocenters. The molecule has 1 aromatic heterocycles. The number of amides is 2. The monoisotopic (exact) mass is 431 g/mol. The fourth-order valence-electron chi connectivity index (χ4n) is 3.44. The van der Waals surface area contributed by atoms with Crippen LogP contribution in [0.3, 0.4) is 0 Å². The molecular weight excluding hydrogens is 407 g/mol. The second-order valence-corrected chi connectivity index (χ2v) is 7.20. The SMILES string of the molecule is CCN(CC)C(=O)Cn1ccc2cc(NC(=O)Cc3ccc(C(F)(F)F)cc3)ccc21. The Bertz CT molecular complexity index is 1070. The topological polar surface area (TPSA) is 54.3 Å². The molecular formula is C23H24F3N3O2. The number of fused-ring (bicyclic) bond motifs is 1. The average molecular weight is 431 g/mol. The van der Waals surface area contributed by atoms with Crippen molar-refractivity contribution >= 4 is 28.4 Å². The minimum absolute atomic E-state index is 0.0322. The second-order valence-electron chi connectivity index (χ2n) is 7.20. The second kappa shape index (κ2) is 9.24. The van der Waals surface area contributed by atoms with Gasteiger partial charge in [-0.15, -0.1) is 0 Å². The van der Waals surface area contributed by atoms with Crippen LogP contribution in [-0.4, -0.2) is 34.4 Å². The Balaban J connectivity index is 1.66. The van der Waals surface area contributed by atoms with Crippen molar-refractivity contribution in [1.82, 2.24) is 9.47 Å². The number of carbonyl (C=O) groups excluding carboxylic acids is 2. The first kappa shape index (κ1) is 22.4.